The zero-order valence-corrected chi connectivity index (χ0v) is 11.5. The fourth-order valence-electron chi connectivity index (χ4n) is 1.85. The lowest BCUT2D eigenvalue weighted by Gasteiger charge is -2.03. The highest BCUT2D eigenvalue weighted by atomic mass is 32.1. The summed E-state index contributed by atoms with van der Waals surface area (Å²) >= 11 is 1.38. The average molecular weight is 276 g/mol. The molecule has 0 aliphatic heterocycles. The number of carbonyl (C=O) groups excluding carboxylic acids is 1. The maximum Gasteiger partial charge on any atom is 0.263 e. The van der Waals surface area contributed by atoms with Gasteiger partial charge in [0.25, 0.3) is 5.91 Å². The van der Waals surface area contributed by atoms with Gasteiger partial charge in [-0.25, -0.2) is 0 Å². The Morgan fingerprint density at radius 1 is 1.58 bits per heavy atom. The van der Waals surface area contributed by atoms with E-state index in [1.165, 1.54) is 11.3 Å². The van der Waals surface area contributed by atoms with E-state index in [4.69, 9.17) is 10.5 Å². The van der Waals surface area contributed by atoms with Crippen LogP contribution in [0.1, 0.15) is 16.1 Å². The van der Waals surface area contributed by atoms with Gasteiger partial charge < -0.3 is 15.8 Å². The third-order valence-corrected chi connectivity index (χ3v) is 3.94. The molecule has 0 aliphatic carbocycles. The van der Waals surface area contributed by atoms with Gasteiger partial charge in [-0.15, -0.1) is 17.9 Å². The molecule has 0 fully saturated rings. The molecule has 2 aromatic rings. The van der Waals surface area contributed by atoms with E-state index in [1.54, 1.807) is 13.2 Å². The SMILES string of the molecule is C=CCCNC(=O)c1sc2cccc(OC)c2c1N. The van der Waals surface area contributed by atoms with Gasteiger partial charge in [0.15, 0.2) is 0 Å². The monoisotopic (exact) mass is 276 g/mol. The first-order valence-corrected chi connectivity index (χ1v) is 6.74. The van der Waals surface area contributed by atoms with Crippen molar-refractivity contribution in [2.24, 2.45) is 0 Å². The van der Waals surface area contributed by atoms with Crippen molar-refractivity contribution in [3.8, 4) is 5.75 Å². The van der Waals surface area contributed by atoms with Crippen LogP contribution in [-0.2, 0) is 0 Å². The van der Waals surface area contributed by atoms with E-state index >= 15 is 0 Å². The number of amides is 1. The number of hydrogen-bond acceptors (Lipinski definition) is 4. The highest BCUT2D eigenvalue weighted by molar-refractivity contribution is 7.21. The second kappa shape index (κ2) is 5.75. The number of methoxy groups -OCH3 is 1. The van der Waals surface area contributed by atoms with E-state index in [-0.39, 0.29) is 5.91 Å². The van der Waals surface area contributed by atoms with Crippen LogP contribution in [0.4, 0.5) is 5.69 Å². The molecular weight excluding hydrogens is 260 g/mol. The number of nitrogens with one attached hydrogen (secondary N) is 1. The van der Waals surface area contributed by atoms with Crippen molar-refractivity contribution in [3.05, 3.63) is 35.7 Å². The minimum absolute atomic E-state index is 0.150. The standard InChI is InChI=1S/C14H16N2O2S/c1-3-4-8-16-14(17)13-12(15)11-9(18-2)6-5-7-10(11)19-13/h3,5-7H,1,4,8,15H2,2H3,(H,16,17). The number of nitrogens with two attached hydrogens (primary N) is 1. The summed E-state index contributed by atoms with van der Waals surface area (Å²) in [6.07, 6.45) is 2.50. The summed E-state index contributed by atoms with van der Waals surface area (Å²) in [4.78, 5) is 12.6. The molecule has 1 amide bonds. The van der Waals surface area contributed by atoms with Crippen LogP contribution in [0, 0.1) is 0 Å². The van der Waals surface area contributed by atoms with E-state index in [2.05, 4.69) is 11.9 Å². The van der Waals surface area contributed by atoms with Crippen molar-refractivity contribution in [1.29, 1.82) is 0 Å². The van der Waals surface area contributed by atoms with Crippen molar-refractivity contribution in [2.75, 3.05) is 19.4 Å². The van der Waals surface area contributed by atoms with E-state index < -0.39 is 0 Å². The average Bonchev–Trinajstić information content (AvgIpc) is 2.76. The van der Waals surface area contributed by atoms with Gasteiger partial charge in [-0.2, -0.15) is 0 Å². The first-order chi connectivity index (χ1) is 9.19. The molecular formula is C14H16N2O2S. The first-order valence-electron chi connectivity index (χ1n) is 5.93. The maximum absolute atomic E-state index is 12.1. The first kappa shape index (κ1) is 13.4. The van der Waals surface area contributed by atoms with E-state index in [0.29, 0.717) is 22.9 Å². The molecule has 0 radical (unpaired) electrons. The van der Waals surface area contributed by atoms with E-state index in [0.717, 1.165) is 16.5 Å². The number of carbonyl (C=O) groups is 1. The normalized spacial score (nSPS) is 10.4. The van der Waals surface area contributed by atoms with Gasteiger partial charge in [-0.1, -0.05) is 12.1 Å². The van der Waals surface area contributed by atoms with Crippen molar-refractivity contribution in [2.45, 2.75) is 6.42 Å². The molecule has 5 heteroatoms. The number of hydrogen-bond donors (Lipinski definition) is 2. The Morgan fingerprint density at radius 2 is 2.37 bits per heavy atom. The molecule has 0 aliphatic rings. The summed E-state index contributed by atoms with van der Waals surface area (Å²) in [5, 5.41) is 3.63. The van der Waals surface area contributed by atoms with Gasteiger partial charge in [0.1, 0.15) is 10.6 Å². The lowest BCUT2D eigenvalue weighted by molar-refractivity contribution is 0.0959. The number of fused-ring (bicyclic) bond motifs is 1. The molecule has 4 nitrogen and oxygen atoms in total. The molecule has 0 spiro atoms. The number of nitrogen functional groups attached to an aromatic ring is 1. The fourth-order valence-corrected chi connectivity index (χ4v) is 2.90. The Bertz CT molecular complexity index is 619. The molecule has 0 saturated heterocycles. The zero-order valence-electron chi connectivity index (χ0n) is 10.7. The molecule has 0 saturated carbocycles. The van der Waals surface area contributed by atoms with Crippen LogP contribution >= 0.6 is 11.3 Å². The molecule has 1 heterocycles. The number of benzene rings is 1. The smallest absolute Gasteiger partial charge is 0.263 e. The molecule has 3 N–H and O–H groups in total. The third kappa shape index (κ3) is 2.56. The highest BCUT2D eigenvalue weighted by Crippen LogP contribution is 2.39. The Morgan fingerprint density at radius 3 is 3.05 bits per heavy atom. The van der Waals surface area contributed by atoms with Gasteiger partial charge in [0.05, 0.1) is 18.2 Å². The van der Waals surface area contributed by atoms with Crippen molar-refractivity contribution < 1.29 is 9.53 Å². The second-order valence-corrected chi connectivity index (χ2v) is 5.06. The molecule has 1 aromatic heterocycles. The lowest BCUT2D eigenvalue weighted by Crippen LogP contribution is -2.23. The largest absolute Gasteiger partial charge is 0.496 e. The Labute approximate surface area is 115 Å². The lowest BCUT2D eigenvalue weighted by atomic mass is 10.2. The van der Waals surface area contributed by atoms with Gasteiger partial charge in [-0.05, 0) is 18.6 Å². The van der Waals surface area contributed by atoms with Crippen molar-refractivity contribution in [3.63, 3.8) is 0 Å². The van der Waals surface area contributed by atoms with Gasteiger partial charge >= 0.3 is 0 Å². The number of anilines is 1. The summed E-state index contributed by atoms with van der Waals surface area (Å²) < 4.78 is 6.23. The van der Waals surface area contributed by atoms with E-state index in [1.807, 2.05) is 18.2 Å². The van der Waals surface area contributed by atoms with E-state index in [9.17, 15) is 4.79 Å². The number of ether oxygens (including phenoxy) is 1. The number of rotatable bonds is 5. The quantitative estimate of drug-likeness (QED) is 0.652. The molecule has 0 atom stereocenters. The fraction of sp³-hybridized carbons (Fsp3) is 0.214. The van der Waals surface area contributed by atoms with Crippen LogP contribution < -0.4 is 15.8 Å². The Balaban J connectivity index is 2.37. The second-order valence-electron chi connectivity index (χ2n) is 4.01. The summed E-state index contributed by atoms with van der Waals surface area (Å²) in [7, 11) is 1.59. The minimum Gasteiger partial charge on any atom is -0.496 e. The number of thiophene rings is 1. The molecule has 1 aromatic carbocycles. The minimum atomic E-state index is -0.150. The highest BCUT2D eigenvalue weighted by Gasteiger charge is 2.18. The summed E-state index contributed by atoms with van der Waals surface area (Å²) in [5.74, 6) is 0.541. The Hall–Kier alpha value is -2.01. The molecule has 0 bridgehead atoms. The van der Waals surface area contributed by atoms with Gasteiger partial charge in [-0.3, -0.25) is 4.79 Å². The van der Waals surface area contributed by atoms with Crippen LogP contribution in [0.15, 0.2) is 30.9 Å². The third-order valence-electron chi connectivity index (χ3n) is 2.77. The Kier molecular flexibility index (Phi) is 4.06. The summed E-state index contributed by atoms with van der Waals surface area (Å²) in [6.45, 7) is 4.18. The van der Waals surface area contributed by atoms with Crippen molar-refractivity contribution >= 4 is 33.0 Å². The zero-order chi connectivity index (χ0) is 13.8. The van der Waals surface area contributed by atoms with Gasteiger partial charge in [0.2, 0.25) is 0 Å². The molecule has 100 valence electrons. The predicted molar refractivity (Wildman–Crippen MR) is 79.9 cm³/mol. The predicted octanol–water partition coefficient (Wildman–Crippen LogP) is 2.80. The topological polar surface area (TPSA) is 64.3 Å². The summed E-state index contributed by atoms with van der Waals surface area (Å²) in [6, 6.07) is 5.65. The maximum atomic E-state index is 12.1. The van der Waals surface area contributed by atoms with Crippen LogP contribution in [0.3, 0.4) is 0 Å². The van der Waals surface area contributed by atoms with Crippen LogP contribution in [-0.4, -0.2) is 19.6 Å². The van der Waals surface area contributed by atoms with Crippen LogP contribution in [0.5, 0.6) is 5.75 Å². The molecule has 2 rings (SSSR count). The van der Waals surface area contributed by atoms with Crippen molar-refractivity contribution in [1.82, 2.24) is 5.32 Å². The van der Waals surface area contributed by atoms with Crippen LogP contribution in [0.2, 0.25) is 0 Å². The molecule has 19 heavy (non-hydrogen) atoms. The molecule has 0 unspecified atom stereocenters. The van der Waals surface area contributed by atoms with Crippen LogP contribution in [0.25, 0.3) is 10.1 Å². The summed E-state index contributed by atoms with van der Waals surface area (Å²) in [5.41, 5.74) is 6.55. The van der Waals surface area contributed by atoms with Gasteiger partial charge in [0, 0.05) is 11.2 Å².